The van der Waals surface area contributed by atoms with Gasteiger partial charge in [0, 0.05) is 9.86 Å². The maximum absolute atomic E-state index is 4.68. The molecule has 0 radical (unpaired) electrons. The molecule has 100 valence electrons. The summed E-state index contributed by atoms with van der Waals surface area (Å²) in [7, 11) is 0. The molecule has 0 fully saturated rings. The fourth-order valence-electron chi connectivity index (χ4n) is 2.27. The number of hydrogen-bond donors (Lipinski definition) is 1. The number of aryl methyl sites for hydroxylation is 2. The number of fused-ring (bicyclic) bond motifs is 1. The predicted octanol–water partition coefficient (Wildman–Crippen LogP) is 5.36. The zero-order valence-corrected chi connectivity index (χ0v) is 13.0. The third kappa shape index (κ3) is 2.54. The van der Waals surface area contributed by atoms with Crippen LogP contribution in [0.15, 0.2) is 53.0 Å². The Balaban J connectivity index is 2.05. The lowest BCUT2D eigenvalue weighted by molar-refractivity contribution is 1.33. The molecule has 0 aliphatic carbocycles. The number of hydrogen-bond acceptors (Lipinski definition) is 2. The van der Waals surface area contributed by atoms with E-state index < -0.39 is 0 Å². The van der Waals surface area contributed by atoms with Gasteiger partial charge in [0.1, 0.15) is 5.82 Å². The van der Waals surface area contributed by atoms with E-state index in [0.717, 1.165) is 21.5 Å². The summed E-state index contributed by atoms with van der Waals surface area (Å²) in [5.41, 5.74) is 4.53. The van der Waals surface area contributed by atoms with Crippen molar-refractivity contribution < 1.29 is 0 Å². The number of rotatable bonds is 2. The summed E-state index contributed by atoms with van der Waals surface area (Å²) in [6.07, 6.45) is 0. The lowest BCUT2D eigenvalue weighted by atomic mass is 10.1. The average Bonchev–Trinajstić information content (AvgIpc) is 2.42. The summed E-state index contributed by atoms with van der Waals surface area (Å²) < 4.78 is 1.03. The minimum absolute atomic E-state index is 0.866. The maximum Gasteiger partial charge on any atom is 0.131 e. The summed E-state index contributed by atoms with van der Waals surface area (Å²) in [5.74, 6) is 0.866. The van der Waals surface area contributed by atoms with E-state index in [4.69, 9.17) is 0 Å². The van der Waals surface area contributed by atoms with Gasteiger partial charge in [-0.2, -0.15) is 0 Å². The van der Waals surface area contributed by atoms with Gasteiger partial charge in [-0.1, -0.05) is 23.8 Å². The number of pyridine rings is 1. The van der Waals surface area contributed by atoms with Crippen molar-refractivity contribution in [1.82, 2.24) is 4.98 Å². The number of anilines is 2. The molecule has 1 aromatic heterocycles. The molecule has 2 aromatic carbocycles. The van der Waals surface area contributed by atoms with E-state index in [1.807, 2.05) is 24.3 Å². The number of benzene rings is 2. The number of halogens is 1. The van der Waals surface area contributed by atoms with Crippen molar-refractivity contribution in [3.05, 3.63) is 64.1 Å². The molecule has 3 aromatic rings. The van der Waals surface area contributed by atoms with Crippen molar-refractivity contribution in [1.29, 1.82) is 0 Å². The Morgan fingerprint density at radius 2 is 1.80 bits per heavy atom. The Kier molecular flexibility index (Phi) is 3.45. The monoisotopic (exact) mass is 326 g/mol. The first-order valence-corrected chi connectivity index (χ1v) is 7.32. The van der Waals surface area contributed by atoms with E-state index in [1.165, 1.54) is 16.5 Å². The van der Waals surface area contributed by atoms with Crippen LogP contribution < -0.4 is 5.32 Å². The van der Waals surface area contributed by atoms with Crippen LogP contribution in [0.2, 0.25) is 0 Å². The summed E-state index contributed by atoms with van der Waals surface area (Å²) in [4.78, 5) is 4.68. The fourth-order valence-corrected chi connectivity index (χ4v) is 2.66. The molecule has 20 heavy (non-hydrogen) atoms. The second-order valence-electron chi connectivity index (χ2n) is 4.95. The van der Waals surface area contributed by atoms with Crippen LogP contribution in [0.3, 0.4) is 0 Å². The van der Waals surface area contributed by atoms with Crippen LogP contribution in [0, 0.1) is 13.8 Å². The van der Waals surface area contributed by atoms with Gasteiger partial charge >= 0.3 is 0 Å². The molecule has 0 bridgehead atoms. The van der Waals surface area contributed by atoms with E-state index in [9.17, 15) is 0 Å². The molecule has 0 saturated carbocycles. The number of nitrogens with one attached hydrogen (secondary N) is 1. The molecular weight excluding hydrogens is 312 g/mol. The Labute approximate surface area is 127 Å². The van der Waals surface area contributed by atoms with Gasteiger partial charge in [0.05, 0.1) is 11.2 Å². The molecule has 0 aliphatic rings. The van der Waals surface area contributed by atoms with E-state index in [-0.39, 0.29) is 0 Å². The number of aromatic nitrogens is 1. The molecule has 0 saturated heterocycles. The summed E-state index contributed by atoms with van der Waals surface area (Å²) in [5, 5.41) is 4.57. The highest BCUT2D eigenvalue weighted by Gasteiger charge is 2.05. The minimum Gasteiger partial charge on any atom is -0.339 e. The molecular formula is C17H15BrN2. The largest absolute Gasteiger partial charge is 0.339 e. The van der Waals surface area contributed by atoms with Crippen molar-refractivity contribution in [2.24, 2.45) is 0 Å². The topological polar surface area (TPSA) is 24.9 Å². The van der Waals surface area contributed by atoms with E-state index >= 15 is 0 Å². The molecule has 3 rings (SSSR count). The Bertz CT molecular complexity index is 781. The third-order valence-corrected chi connectivity index (χ3v) is 4.00. The van der Waals surface area contributed by atoms with Gasteiger partial charge in [-0.15, -0.1) is 0 Å². The van der Waals surface area contributed by atoms with E-state index in [0.29, 0.717) is 0 Å². The van der Waals surface area contributed by atoms with Crippen molar-refractivity contribution in [2.45, 2.75) is 13.8 Å². The van der Waals surface area contributed by atoms with Crippen LogP contribution in [0.4, 0.5) is 11.5 Å². The Morgan fingerprint density at radius 3 is 2.60 bits per heavy atom. The first kappa shape index (κ1) is 13.1. The van der Waals surface area contributed by atoms with Gasteiger partial charge in [-0.3, -0.25) is 0 Å². The van der Waals surface area contributed by atoms with Gasteiger partial charge in [-0.05, 0) is 65.7 Å². The predicted molar refractivity (Wildman–Crippen MR) is 88.6 cm³/mol. The lowest BCUT2D eigenvalue weighted by Crippen LogP contribution is -1.96. The SMILES string of the molecule is Cc1ccc2nc(Nc3ccccc3Br)cc(C)c2c1. The van der Waals surface area contributed by atoms with Crippen LogP contribution in [-0.2, 0) is 0 Å². The molecule has 1 heterocycles. The van der Waals surface area contributed by atoms with Crippen molar-refractivity contribution in [2.75, 3.05) is 5.32 Å². The van der Waals surface area contributed by atoms with Crippen molar-refractivity contribution in [3.8, 4) is 0 Å². The van der Waals surface area contributed by atoms with Gasteiger partial charge in [-0.25, -0.2) is 4.98 Å². The fraction of sp³-hybridized carbons (Fsp3) is 0.118. The van der Waals surface area contributed by atoms with Gasteiger partial charge in [0.25, 0.3) is 0 Å². The summed E-state index contributed by atoms with van der Waals surface area (Å²) in [6.45, 7) is 4.22. The molecule has 2 nitrogen and oxygen atoms in total. The van der Waals surface area contributed by atoms with Crippen LogP contribution in [0.25, 0.3) is 10.9 Å². The average molecular weight is 327 g/mol. The first-order valence-electron chi connectivity index (χ1n) is 6.53. The second kappa shape index (κ2) is 5.25. The number of para-hydroxylation sites is 1. The molecule has 0 amide bonds. The highest BCUT2D eigenvalue weighted by molar-refractivity contribution is 9.10. The van der Waals surface area contributed by atoms with Gasteiger partial charge in [0.2, 0.25) is 0 Å². The molecule has 0 atom stereocenters. The van der Waals surface area contributed by atoms with Gasteiger partial charge < -0.3 is 5.32 Å². The highest BCUT2D eigenvalue weighted by atomic mass is 79.9. The van der Waals surface area contributed by atoms with Crippen molar-refractivity contribution >= 4 is 38.3 Å². The molecule has 3 heteroatoms. The second-order valence-corrected chi connectivity index (χ2v) is 5.80. The molecule has 0 aliphatic heterocycles. The third-order valence-electron chi connectivity index (χ3n) is 3.31. The zero-order chi connectivity index (χ0) is 14.1. The molecule has 0 unspecified atom stereocenters. The van der Waals surface area contributed by atoms with E-state index in [1.54, 1.807) is 0 Å². The maximum atomic E-state index is 4.68. The normalized spacial score (nSPS) is 10.8. The standard InChI is InChI=1S/C17H15BrN2/c1-11-7-8-15-13(9-11)12(2)10-17(19-15)20-16-6-4-3-5-14(16)18/h3-10H,1-2H3,(H,19,20). The Morgan fingerprint density at radius 1 is 1.00 bits per heavy atom. The van der Waals surface area contributed by atoms with Crippen molar-refractivity contribution in [3.63, 3.8) is 0 Å². The summed E-state index contributed by atoms with van der Waals surface area (Å²) >= 11 is 3.54. The minimum atomic E-state index is 0.866. The molecule has 1 N–H and O–H groups in total. The zero-order valence-electron chi connectivity index (χ0n) is 11.4. The number of nitrogens with zero attached hydrogens (tertiary/aromatic N) is 1. The van der Waals surface area contributed by atoms with Crippen LogP contribution in [0.5, 0.6) is 0 Å². The molecule has 0 spiro atoms. The van der Waals surface area contributed by atoms with Crippen LogP contribution >= 0.6 is 15.9 Å². The smallest absolute Gasteiger partial charge is 0.131 e. The van der Waals surface area contributed by atoms with E-state index in [2.05, 4.69) is 64.3 Å². The lowest BCUT2D eigenvalue weighted by Gasteiger charge is -2.10. The van der Waals surface area contributed by atoms with Crippen LogP contribution in [0.1, 0.15) is 11.1 Å². The summed E-state index contributed by atoms with van der Waals surface area (Å²) in [6, 6.07) is 16.5. The van der Waals surface area contributed by atoms with Crippen LogP contribution in [-0.4, -0.2) is 4.98 Å². The van der Waals surface area contributed by atoms with Gasteiger partial charge in [0.15, 0.2) is 0 Å². The highest BCUT2D eigenvalue weighted by Crippen LogP contribution is 2.27. The quantitative estimate of drug-likeness (QED) is 0.685. The first-order chi connectivity index (χ1) is 9.63. The Hall–Kier alpha value is -1.87.